The zero-order chi connectivity index (χ0) is 45.7. The Morgan fingerprint density at radius 3 is 1.86 bits per heavy atom. The van der Waals surface area contributed by atoms with Gasteiger partial charge in [-0.3, -0.25) is 28.8 Å². The van der Waals surface area contributed by atoms with Crippen LogP contribution in [-0.2, 0) is 41.7 Å². The largest absolute Gasteiger partial charge is 0.480 e. The Labute approximate surface area is 371 Å². The van der Waals surface area contributed by atoms with Gasteiger partial charge in [0.15, 0.2) is 17.7 Å². The number of aliphatic hydroxyl groups is 1. The average molecular weight is 864 g/mol. The second-order valence-corrected chi connectivity index (χ2v) is 16.2. The molecule has 0 saturated heterocycles. The maximum atomic E-state index is 14.0. The maximum absolute atomic E-state index is 14.0. The molecule has 2 saturated carbocycles. The van der Waals surface area contributed by atoms with E-state index in [1.54, 1.807) is 12.1 Å². The Morgan fingerprint density at radius 2 is 1.25 bits per heavy atom. The van der Waals surface area contributed by atoms with Gasteiger partial charge in [-0.1, -0.05) is 125 Å². The average Bonchev–Trinajstić information content (AvgIpc) is 3.28. The first-order chi connectivity index (χ1) is 30.3. The molecular formula is C46H59B2N5O10. The third kappa shape index (κ3) is 16.5. The van der Waals surface area contributed by atoms with Crippen molar-refractivity contribution in [3.63, 3.8) is 0 Å². The molecule has 0 aliphatic heterocycles. The molecule has 5 amide bonds. The first-order valence-electron chi connectivity index (χ1n) is 21.8. The summed E-state index contributed by atoms with van der Waals surface area (Å²) in [5.74, 6) is -5.38. The number of aliphatic hydroxyl groups excluding tert-OH is 1. The summed E-state index contributed by atoms with van der Waals surface area (Å²) < 4.78 is 5.19. The molecule has 63 heavy (non-hydrogen) atoms. The molecule has 2 unspecified atom stereocenters. The highest BCUT2D eigenvalue weighted by Gasteiger charge is 2.35. The van der Waals surface area contributed by atoms with E-state index in [-0.39, 0.29) is 31.3 Å². The molecule has 5 atom stereocenters. The van der Waals surface area contributed by atoms with Crippen molar-refractivity contribution in [3.8, 4) is 0 Å². The quantitative estimate of drug-likeness (QED) is 0.0674. The summed E-state index contributed by atoms with van der Waals surface area (Å²) in [7, 11) is 10.4. The van der Waals surface area contributed by atoms with Crippen LogP contribution in [0.5, 0.6) is 0 Å². The van der Waals surface area contributed by atoms with Crippen LogP contribution in [0.1, 0.15) is 95.1 Å². The highest BCUT2D eigenvalue weighted by molar-refractivity contribution is 6.57. The molecule has 0 aromatic heterocycles. The van der Waals surface area contributed by atoms with Crippen LogP contribution < -0.4 is 26.6 Å². The number of nitrogens with one attached hydrogen (secondary N) is 5. The van der Waals surface area contributed by atoms with Crippen LogP contribution in [-0.4, -0.2) is 104 Å². The number of rotatable bonds is 19. The molecule has 7 N–H and O–H groups in total. The zero-order valence-electron chi connectivity index (χ0n) is 35.9. The number of ether oxygens (including phenoxy) is 1. The van der Waals surface area contributed by atoms with E-state index in [9.17, 15) is 38.7 Å². The summed E-state index contributed by atoms with van der Waals surface area (Å²) >= 11 is 0. The molecule has 17 heteroatoms. The first kappa shape index (κ1) is 50.0. The molecule has 5 rings (SSSR count). The number of esters is 1. The van der Waals surface area contributed by atoms with E-state index in [0.29, 0.717) is 6.42 Å². The number of benzene rings is 3. The fraction of sp³-hybridized carbons (Fsp3) is 0.500. The molecule has 0 spiro atoms. The third-order valence-electron chi connectivity index (χ3n) is 11.6. The third-order valence-corrected chi connectivity index (χ3v) is 11.6. The van der Waals surface area contributed by atoms with E-state index in [1.165, 1.54) is 0 Å². The van der Waals surface area contributed by atoms with Gasteiger partial charge in [-0.2, -0.15) is 0 Å². The number of hydrogen-bond acceptors (Lipinski definition) is 9. The fourth-order valence-corrected chi connectivity index (χ4v) is 8.32. The van der Waals surface area contributed by atoms with Crippen LogP contribution in [0.2, 0.25) is 0 Å². The number of aliphatic carboxylic acids is 1. The number of carbonyl (C=O) groups is 7. The van der Waals surface area contributed by atoms with Crippen molar-refractivity contribution in [2.45, 2.75) is 127 Å². The lowest BCUT2D eigenvalue weighted by Crippen LogP contribution is -2.59. The van der Waals surface area contributed by atoms with Crippen molar-refractivity contribution in [2.75, 3.05) is 6.54 Å². The summed E-state index contributed by atoms with van der Waals surface area (Å²) in [4.78, 5) is 86.3. The lowest BCUT2D eigenvalue weighted by molar-refractivity contribution is -0.146. The first-order valence-corrected chi connectivity index (χ1v) is 21.8. The van der Waals surface area contributed by atoms with E-state index in [4.69, 9.17) is 25.5 Å². The van der Waals surface area contributed by atoms with Crippen LogP contribution in [0.15, 0.2) is 72.8 Å². The van der Waals surface area contributed by atoms with E-state index < -0.39 is 78.1 Å². The Hall–Kier alpha value is -5.70. The standard InChI is InChI=1S/C37H45BN4O7.C9H14BNO3/c1-2-12-29(33(44)36(47)39-22-31(43)49-23-24-13-5-3-6-14-24)40-34(45)30(21-27-19-11-18-25-15-9-10-20-28(25)27)41-35(46)32(42-37(38)48)26-16-7-4-8-17-26;10-9(14)11-7(8(12)13)6-4-2-1-3-5-6/h3,5-6,9-11,13-15,18-20,26,29-30,32-33,44H,2,4,7-8,12,16-17,21-23H2,1H3,(H,39,47)(H,40,45)(H,41,46)(H,42,48);6-7H,1-5H2,(H,11,14)(H,12,13)/t29?,30-,32-,33?;7-/m00/s1. The van der Waals surface area contributed by atoms with Crippen molar-refractivity contribution >= 4 is 67.7 Å². The van der Waals surface area contributed by atoms with Crippen molar-refractivity contribution in [2.24, 2.45) is 11.8 Å². The molecular weight excluding hydrogens is 804 g/mol. The zero-order valence-corrected chi connectivity index (χ0v) is 35.9. The number of amides is 5. The minimum Gasteiger partial charge on any atom is -0.480 e. The number of carboxylic acids is 1. The van der Waals surface area contributed by atoms with Gasteiger partial charge in [0.1, 0.15) is 31.3 Å². The van der Waals surface area contributed by atoms with E-state index >= 15 is 0 Å². The van der Waals surface area contributed by atoms with Crippen molar-refractivity contribution in [1.82, 2.24) is 26.6 Å². The topological polar surface area (TPSA) is 229 Å². The second kappa shape index (κ2) is 26.0. The van der Waals surface area contributed by atoms with Crippen LogP contribution in [0, 0.1) is 11.8 Å². The fourth-order valence-electron chi connectivity index (χ4n) is 8.32. The monoisotopic (exact) mass is 863 g/mol. The van der Waals surface area contributed by atoms with Gasteiger partial charge < -0.3 is 41.5 Å². The summed E-state index contributed by atoms with van der Waals surface area (Å²) in [6.45, 7) is 1.40. The molecule has 3 aromatic rings. The Morgan fingerprint density at radius 1 is 0.683 bits per heavy atom. The van der Waals surface area contributed by atoms with Gasteiger partial charge in [0.05, 0.1) is 6.04 Å². The van der Waals surface area contributed by atoms with E-state index in [1.807, 2.05) is 67.6 Å². The molecule has 4 radical (unpaired) electrons. The minimum atomic E-state index is -1.69. The van der Waals surface area contributed by atoms with Crippen molar-refractivity contribution < 1.29 is 48.5 Å². The summed E-state index contributed by atoms with van der Waals surface area (Å²) in [6.07, 6.45) is 8.44. The summed E-state index contributed by atoms with van der Waals surface area (Å²) in [5, 5.41) is 34.7. The van der Waals surface area contributed by atoms with Crippen LogP contribution >= 0.6 is 0 Å². The maximum Gasteiger partial charge on any atom is 0.326 e. The van der Waals surface area contributed by atoms with Crippen molar-refractivity contribution in [3.05, 3.63) is 83.9 Å². The SMILES string of the molecule is [B]C(=O)N[C@H](C(=O)N[C@@H](Cc1cccc2ccccc12)C(=O)NC(CCC)C(O)C(=O)NCC(=O)OCc1ccccc1)C1CCCCC1.[B]C(=O)N[C@H](C(=O)O)C1CCCCC1. The number of carboxylic acid groups (broad SMARTS) is 1. The van der Waals surface area contributed by atoms with Gasteiger partial charge in [-0.25, -0.2) is 4.79 Å². The second-order valence-electron chi connectivity index (χ2n) is 16.2. The summed E-state index contributed by atoms with van der Waals surface area (Å²) in [6, 6.07) is 18.6. The van der Waals surface area contributed by atoms with E-state index in [2.05, 4.69) is 26.6 Å². The van der Waals surface area contributed by atoms with Crippen molar-refractivity contribution in [1.29, 1.82) is 0 Å². The Balaban J connectivity index is 0.000000528. The predicted molar refractivity (Wildman–Crippen MR) is 239 cm³/mol. The lowest BCUT2D eigenvalue weighted by atomic mass is 9.83. The molecule has 2 fully saturated rings. The minimum absolute atomic E-state index is 0.0347. The van der Waals surface area contributed by atoms with Gasteiger partial charge in [0.25, 0.3) is 5.91 Å². The lowest BCUT2D eigenvalue weighted by Gasteiger charge is -2.32. The molecule has 15 nitrogen and oxygen atoms in total. The Kier molecular flexibility index (Phi) is 20.7. The highest BCUT2D eigenvalue weighted by atomic mass is 16.5. The number of hydrogen-bond donors (Lipinski definition) is 7. The van der Waals surface area contributed by atoms with Gasteiger partial charge in [0, 0.05) is 6.42 Å². The van der Waals surface area contributed by atoms with E-state index in [0.717, 1.165) is 86.1 Å². The van der Waals surface area contributed by atoms with Gasteiger partial charge >= 0.3 is 11.9 Å². The van der Waals surface area contributed by atoms with Gasteiger partial charge in [0.2, 0.25) is 27.5 Å². The molecule has 2 aliphatic rings. The van der Waals surface area contributed by atoms with Gasteiger partial charge in [-0.05, 0) is 65.8 Å². The molecule has 0 bridgehead atoms. The van der Waals surface area contributed by atoms with Crippen LogP contribution in [0.3, 0.4) is 0 Å². The molecule has 0 heterocycles. The van der Waals surface area contributed by atoms with Crippen LogP contribution in [0.4, 0.5) is 9.59 Å². The molecule has 2 aliphatic carbocycles. The number of carbonyl (C=O) groups excluding carboxylic acids is 6. The normalized spacial score (nSPS) is 16.6. The number of fused-ring (bicyclic) bond motifs is 1. The molecule has 334 valence electrons. The molecule has 3 aromatic carbocycles. The smallest absolute Gasteiger partial charge is 0.326 e. The van der Waals surface area contributed by atoms with Crippen LogP contribution in [0.25, 0.3) is 10.8 Å². The summed E-state index contributed by atoms with van der Waals surface area (Å²) in [5.41, 5.74) is 1.59. The predicted octanol–water partition coefficient (Wildman–Crippen LogP) is 4.10. The highest BCUT2D eigenvalue weighted by Crippen LogP contribution is 2.28. The Bertz CT molecular complexity index is 1990. The van der Waals surface area contributed by atoms with Gasteiger partial charge in [-0.15, -0.1) is 0 Å².